The SMILES string of the molecule is OCc1cc(F)cnc1Oc1cccc(Cl)c1. The van der Waals surface area contributed by atoms with E-state index in [-0.39, 0.29) is 18.1 Å². The van der Waals surface area contributed by atoms with Crippen molar-refractivity contribution in [3.05, 3.63) is 52.9 Å². The van der Waals surface area contributed by atoms with Gasteiger partial charge in [0.2, 0.25) is 5.88 Å². The zero-order valence-corrected chi connectivity index (χ0v) is 9.49. The topological polar surface area (TPSA) is 42.4 Å². The molecule has 0 fully saturated rings. The summed E-state index contributed by atoms with van der Waals surface area (Å²) >= 11 is 5.80. The van der Waals surface area contributed by atoms with E-state index < -0.39 is 5.82 Å². The molecular weight excluding hydrogens is 245 g/mol. The van der Waals surface area contributed by atoms with Gasteiger partial charge < -0.3 is 9.84 Å². The van der Waals surface area contributed by atoms with E-state index in [9.17, 15) is 4.39 Å². The summed E-state index contributed by atoms with van der Waals surface area (Å²) in [5, 5.41) is 9.59. The average molecular weight is 254 g/mol. The zero-order chi connectivity index (χ0) is 12.3. The van der Waals surface area contributed by atoms with Crippen molar-refractivity contribution in [3.63, 3.8) is 0 Å². The molecule has 1 aromatic carbocycles. The van der Waals surface area contributed by atoms with E-state index in [4.69, 9.17) is 21.4 Å². The third-order valence-corrected chi connectivity index (χ3v) is 2.31. The smallest absolute Gasteiger partial charge is 0.224 e. The molecule has 0 bridgehead atoms. The summed E-state index contributed by atoms with van der Waals surface area (Å²) in [6, 6.07) is 7.90. The van der Waals surface area contributed by atoms with Crippen LogP contribution in [0.5, 0.6) is 11.6 Å². The summed E-state index contributed by atoms with van der Waals surface area (Å²) in [6.45, 7) is -0.347. The molecule has 0 amide bonds. The number of aliphatic hydroxyl groups is 1. The van der Waals surface area contributed by atoms with Gasteiger partial charge >= 0.3 is 0 Å². The molecular formula is C12H9ClFNO2. The molecule has 0 saturated heterocycles. The lowest BCUT2D eigenvalue weighted by molar-refractivity contribution is 0.274. The van der Waals surface area contributed by atoms with Crippen molar-refractivity contribution >= 4 is 11.6 Å². The minimum Gasteiger partial charge on any atom is -0.439 e. The Morgan fingerprint density at radius 2 is 2.18 bits per heavy atom. The van der Waals surface area contributed by atoms with Gasteiger partial charge in [-0.05, 0) is 24.3 Å². The lowest BCUT2D eigenvalue weighted by Gasteiger charge is -2.08. The molecule has 1 N–H and O–H groups in total. The van der Waals surface area contributed by atoms with Crippen molar-refractivity contribution in [1.29, 1.82) is 0 Å². The van der Waals surface area contributed by atoms with Gasteiger partial charge in [0.05, 0.1) is 12.8 Å². The van der Waals surface area contributed by atoms with E-state index in [1.54, 1.807) is 24.3 Å². The van der Waals surface area contributed by atoms with E-state index in [0.29, 0.717) is 10.8 Å². The van der Waals surface area contributed by atoms with Crippen molar-refractivity contribution in [1.82, 2.24) is 4.98 Å². The van der Waals surface area contributed by atoms with Crippen LogP contribution in [0.1, 0.15) is 5.56 Å². The van der Waals surface area contributed by atoms with Crippen LogP contribution in [0.3, 0.4) is 0 Å². The second-order valence-corrected chi connectivity index (χ2v) is 3.77. The predicted octanol–water partition coefficient (Wildman–Crippen LogP) is 3.16. The molecule has 3 nitrogen and oxygen atoms in total. The number of aromatic nitrogens is 1. The number of aliphatic hydroxyl groups excluding tert-OH is 1. The van der Waals surface area contributed by atoms with Gasteiger partial charge in [-0.1, -0.05) is 17.7 Å². The lowest BCUT2D eigenvalue weighted by Crippen LogP contribution is -1.96. The Morgan fingerprint density at radius 1 is 1.35 bits per heavy atom. The first-order valence-electron chi connectivity index (χ1n) is 4.88. The van der Waals surface area contributed by atoms with Crippen LogP contribution in [0.2, 0.25) is 5.02 Å². The molecule has 88 valence electrons. The fourth-order valence-electron chi connectivity index (χ4n) is 1.32. The van der Waals surface area contributed by atoms with Crippen molar-refractivity contribution in [2.24, 2.45) is 0 Å². The zero-order valence-electron chi connectivity index (χ0n) is 8.73. The third kappa shape index (κ3) is 2.93. The van der Waals surface area contributed by atoms with Crippen LogP contribution in [0.15, 0.2) is 36.5 Å². The molecule has 0 aliphatic rings. The van der Waals surface area contributed by atoms with Crippen LogP contribution in [-0.4, -0.2) is 10.1 Å². The van der Waals surface area contributed by atoms with Crippen molar-refractivity contribution < 1.29 is 14.2 Å². The standard InChI is InChI=1S/C12H9ClFNO2/c13-9-2-1-3-11(5-9)17-12-8(7-16)4-10(14)6-15-12/h1-6,16H,7H2. The van der Waals surface area contributed by atoms with Crippen LogP contribution < -0.4 is 4.74 Å². The molecule has 0 spiro atoms. The Bertz CT molecular complexity index is 534. The minimum atomic E-state index is -0.521. The van der Waals surface area contributed by atoms with Crippen molar-refractivity contribution in [2.45, 2.75) is 6.61 Å². The number of halogens is 2. The summed E-state index contributed by atoms with van der Waals surface area (Å²) < 4.78 is 18.3. The second kappa shape index (κ2) is 5.12. The molecule has 1 aromatic heterocycles. The first-order chi connectivity index (χ1) is 8.19. The van der Waals surface area contributed by atoms with Crippen LogP contribution in [0, 0.1) is 5.82 Å². The molecule has 0 saturated carbocycles. The minimum absolute atomic E-state index is 0.163. The van der Waals surface area contributed by atoms with Gasteiger partial charge in [-0.2, -0.15) is 0 Å². The number of benzene rings is 1. The molecule has 0 radical (unpaired) electrons. The molecule has 0 unspecified atom stereocenters. The summed E-state index contributed by atoms with van der Waals surface area (Å²) in [7, 11) is 0. The number of pyridine rings is 1. The maximum atomic E-state index is 12.9. The van der Waals surface area contributed by atoms with Gasteiger partial charge in [-0.15, -0.1) is 0 Å². The number of ether oxygens (including phenoxy) is 1. The predicted molar refractivity (Wildman–Crippen MR) is 61.6 cm³/mol. The molecule has 0 atom stereocenters. The highest BCUT2D eigenvalue weighted by Gasteiger charge is 2.07. The van der Waals surface area contributed by atoms with E-state index >= 15 is 0 Å². The largest absolute Gasteiger partial charge is 0.439 e. The van der Waals surface area contributed by atoms with Gasteiger partial charge in [0, 0.05) is 10.6 Å². The Morgan fingerprint density at radius 3 is 2.88 bits per heavy atom. The van der Waals surface area contributed by atoms with E-state index in [2.05, 4.69) is 4.98 Å². The van der Waals surface area contributed by atoms with E-state index in [1.165, 1.54) is 6.07 Å². The second-order valence-electron chi connectivity index (χ2n) is 3.34. The Hall–Kier alpha value is -1.65. The highest BCUT2D eigenvalue weighted by Crippen LogP contribution is 2.25. The highest BCUT2D eigenvalue weighted by molar-refractivity contribution is 6.30. The Kier molecular flexibility index (Phi) is 3.56. The molecule has 0 aliphatic carbocycles. The first-order valence-corrected chi connectivity index (χ1v) is 5.25. The molecule has 17 heavy (non-hydrogen) atoms. The van der Waals surface area contributed by atoms with Crippen LogP contribution >= 0.6 is 11.6 Å². The number of nitrogens with zero attached hydrogens (tertiary/aromatic N) is 1. The lowest BCUT2D eigenvalue weighted by atomic mass is 10.3. The summed E-state index contributed by atoms with van der Waals surface area (Å²) in [6.07, 6.45) is 1.03. The maximum Gasteiger partial charge on any atom is 0.224 e. The molecule has 2 aromatic rings. The Balaban J connectivity index is 2.29. The number of rotatable bonds is 3. The van der Waals surface area contributed by atoms with Gasteiger partial charge in [-0.3, -0.25) is 0 Å². The molecule has 2 rings (SSSR count). The average Bonchev–Trinajstić information content (AvgIpc) is 2.31. The van der Waals surface area contributed by atoms with Gasteiger partial charge in [-0.25, -0.2) is 9.37 Å². The normalized spacial score (nSPS) is 10.3. The Labute approximate surface area is 102 Å². The monoisotopic (exact) mass is 253 g/mol. The summed E-state index contributed by atoms with van der Waals surface area (Å²) in [4.78, 5) is 3.77. The van der Waals surface area contributed by atoms with Crippen molar-refractivity contribution in [3.8, 4) is 11.6 Å². The van der Waals surface area contributed by atoms with Crippen LogP contribution in [0.25, 0.3) is 0 Å². The van der Waals surface area contributed by atoms with Crippen molar-refractivity contribution in [2.75, 3.05) is 0 Å². The summed E-state index contributed by atoms with van der Waals surface area (Å²) in [5.74, 6) is 0.120. The number of hydrogen-bond donors (Lipinski definition) is 1. The van der Waals surface area contributed by atoms with Crippen LogP contribution in [0.4, 0.5) is 4.39 Å². The quantitative estimate of drug-likeness (QED) is 0.914. The number of hydrogen-bond acceptors (Lipinski definition) is 3. The highest BCUT2D eigenvalue weighted by atomic mass is 35.5. The fraction of sp³-hybridized carbons (Fsp3) is 0.0833. The first kappa shape index (κ1) is 11.8. The van der Waals surface area contributed by atoms with Crippen LogP contribution in [-0.2, 0) is 6.61 Å². The van der Waals surface area contributed by atoms with Gasteiger partial charge in [0.1, 0.15) is 11.6 Å². The third-order valence-electron chi connectivity index (χ3n) is 2.07. The maximum absolute atomic E-state index is 12.9. The summed E-state index contributed by atoms with van der Waals surface area (Å²) in [5.41, 5.74) is 0.282. The van der Waals surface area contributed by atoms with E-state index in [0.717, 1.165) is 6.20 Å². The fourth-order valence-corrected chi connectivity index (χ4v) is 1.50. The molecule has 1 heterocycles. The molecule has 5 heteroatoms. The van der Waals surface area contributed by atoms with Gasteiger partial charge in [0.15, 0.2) is 0 Å². The van der Waals surface area contributed by atoms with E-state index in [1.807, 2.05) is 0 Å². The van der Waals surface area contributed by atoms with Gasteiger partial charge in [0.25, 0.3) is 0 Å². The molecule has 0 aliphatic heterocycles.